The number of allylic oxidation sites excluding steroid dienone is 1. The predicted octanol–water partition coefficient (Wildman–Crippen LogP) is 4.14. The summed E-state index contributed by atoms with van der Waals surface area (Å²) in [6.07, 6.45) is 6.46. The van der Waals surface area contributed by atoms with Crippen molar-refractivity contribution < 1.29 is 19.1 Å². The third-order valence-corrected chi connectivity index (χ3v) is 8.52. The number of nitrogens with one attached hydrogen (secondary N) is 1. The van der Waals surface area contributed by atoms with Crippen LogP contribution >= 0.6 is 0 Å². The lowest BCUT2D eigenvalue weighted by atomic mass is 9.81. The number of urea groups is 1. The average Bonchev–Trinajstić information content (AvgIpc) is 3.24. The summed E-state index contributed by atoms with van der Waals surface area (Å²) in [5.74, 6) is 1.05. The second-order valence-electron chi connectivity index (χ2n) is 10.5. The zero-order valence-electron chi connectivity index (χ0n) is 22.3. The van der Waals surface area contributed by atoms with E-state index in [4.69, 9.17) is 9.47 Å². The molecular formula is C28H38N4O4. The minimum atomic E-state index is -0.400. The summed E-state index contributed by atoms with van der Waals surface area (Å²) in [5.41, 5.74) is 5.66. The molecule has 36 heavy (non-hydrogen) atoms. The van der Waals surface area contributed by atoms with Gasteiger partial charge in [0.25, 0.3) is 5.91 Å². The van der Waals surface area contributed by atoms with Crippen LogP contribution in [0.3, 0.4) is 0 Å². The van der Waals surface area contributed by atoms with Crippen LogP contribution in [0, 0.1) is 19.8 Å². The van der Waals surface area contributed by atoms with Gasteiger partial charge in [-0.25, -0.2) is 4.79 Å². The largest absolute Gasteiger partial charge is 0.501 e. The smallest absolute Gasteiger partial charge is 0.325 e. The topological polar surface area (TPSA) is 78.1 Å². The predicted molar refractivity (Wildman–Crippen MR) is 137 cm³/mol. The first-order chi connectivity index (χ1) is 17.2. The lowest BCUT2D eigenvalue weighted by molar-refractivity contribution is 0.0569. The number of piperidine rings is 1. The van der Waals surface area contributed by atoms with E-state index in [2.05, 4.69) is 24.1 Å². The molecule has 0 saturated carbocycles. The number of amides is 3. The molecule has 2 fully saturated rings. The molecule has 1 aromatic rings. The Hall–Kier alpha value is -3.00. The zero-order valence-corrected chi connectivity index (χ0v) is 22.3. The SMILES string of the molecule is CCN1C(=O)N2CC3=C(C(OC)CC(OC)=C3)[C@@H](C)C=C2C12CCN(C(=O)c1[nH]c(C)cc1C)CC2. The van der Waals surface area contributed by atoms with Crippen molar-refractivity contribution in [3.8, 4) is 0 Å². The Morgan fingerprint density at radius 2 is 1.94 bits per heavy atom. The van der Waals surface area contributed by atoms with Gasteiger partial charge >= 0.3 is 6.03 Å². The van der Waals surface area contributed by atoms with E-state index >= 15 is 0 Å². The first kappa shape index (κ1) is 24.7. The summed E-state index contributed by atoms with van der Waals surface area (Å²) >= 11 is 0. The number of aryl methyl sites for hydroxylation is 2. The average molecular weight is 495 g/mol. The van der Waals surface area contributed by atoms with E-state index in [9.17, 15) is 9.59 Å². The Balaban J connectivity index is 1.46. The maximum absolute atomic E-state index is 13.8. The number of aromatic nitrogens is 1. The minimum absolute atomic E-state index is 0.0418. The van der Waals surface area contributed by atoms with Gasteiger partial charge in [0, 0.05) is 50.5 Å². The Morgan fingerprint density at radius 3 is 2.53 bits per heavy atom. The van der Waals surface area contributed by atoms with E-state index < -0.39 is 5.54 Å². The van der Waals surface area contributed by atoms with Crippen LogP contribution in [0.5, 0.6) is 0 Å². The van der Waals surface area contributed by atoms with Gasteiger partial charge in [-0.2, -0.15) is 0 Å². The number of rotatable bonds is 4. The number of hydrogen-bond donors (Lipinski definition) is 1. The van der Waals surface area contributed by atoms with Crippen LogP contribution in [-0.2, 0) is 9.47 Å². The molecule has 194 valence electrons. The number of methoxy groups -OCH3 is 2. The zero-order chi connectivity index (χ0) is 25.8. The standard InChI is InChI=1S/C28H38N4O4/c1-7-32-27(34)31-16-20-14-21(35-5)15-22(36-6)24(20)17(2)13-23(31)28(32)8-10-30(11-9-28)26(33)25-18(3)12-19(4)29-25/h12-14,17,22,29H,7-11,15-16H2,1-6H3/t17-,22?/m0/s1. The molecule has 0 aromatic carbocycles. The Morgan fingerprint density at radius 1 is 1.22 bits per heavy atom. The van der Waals surface area contributed by atoms with Crippen LogP contribution in [0.2, 0.25) is 0 Å². The van der Waals surface area contributed by atoms with E-state index in [1.54, 1.807) is 14.2 Å². The van der Waals surface area contributed by atoms with Crippen molar-refractivity contribution in [2.75, 3.05) is 40.4 Å². The molecule has 1 aliphatic carbocycles. The van der Waals surface area contributed by atoms with Crippen molar-refractivity contribution in [2.24, 2.45) is 5.92 Å². The molecule has 0 radical (unpaired) electrons. The summed E-state index contributed by atoms with van der Waals surface area (Å²) < 4.78 is 11.5. The lowest BCUT2D eigenvalue weighted by Gasteiger charge is -2.44. The minimum Gasteiger partial charge on any atom is -0.501 e. The van der Waals surface area contributed by atoms with E-state index in [-0.39, 0.29) is 24.0 Å². The second-order valence-corrected chi connectivity index (χ2v) is 10.5. The van der Waals surface area contributed by atoms with Gasteiger partial charge < -0.3 is 24.3 Å². The van der Waals surface area contributed by atoms with Gasteiger partial charge in [-0.15, -0.1) is 0 Å². The number of carbonyl (C=O) groups is 2. The third kappa shape index (κ3) is 3.69. The molecule has 1 N–H and O–H groups in total. The monoisotopic (exact) mass is 494 g/mol. The molecule has 1 aromatic heterocycles. The van der Waals surface area contributed by atoms with Gasteiger partial charge in [0.2, 0.25) is 0 Å². The summed E-state index contributed by atoms with van der Waals surface area (Å²) in [6, 6.07) is 2.06. The second kappa shape index (κ2) is 9.14. The Kier molecular flexibility index (Phi) is 6.27. The van der Waals surface area contributed by atoms with Crippen LogP contribution in [-0.4, -0.2) is 83.7 Å². The summed E-state index contributed by atoms with van der Waals surface area (Å²) in [7, 11) is 3.43. The number of ether oxygens (including phenoxy) is 2. The highest BCUT2D eigenvalue weighted by Gasteiger charge is 2.55. The first-order valence-electron chi connectivity index (χ1n) is 13.0. The van der Waals surface area contributed by atoms with E-state index in [0.29, 0.717) is 38.3 Å². The number of carbonyl (C=O) groups excluding carboxylic acids is 2. The van der Waals surface area contributed by atoms with Crippen LogP contribution in [0.15, 0.2) is 40.8 Å². The molecule has 8 heteroatoms. The molecule has 4 heterocycles. The Labute approximate surface area is 213 Å². The molecule has 3 aliphatic heterocycles. The van der Waals surface area contributed by atoms with Crippen LogP contribution in [0.4, 0.5) is 4.79 Å². The summed E-state index contributed by atoms with van der Waals surface area (Å²) in [4.78, 5) is 36.2. The normalized spacial score (nSPS) is 25.5. The number of hydrogen-bond acceptors (Lipinski definition) is 4. The fraction of sp³-hybridized carbons (Fsp3) is 0.571. The first-order valence-corrected chi connectivity index (χ1v) is 13.0. The summed E-state index contributed by atoms with van der Waals surface area (Å²) in [5, 5.41) is 0. The molecule has 5 rings (SSSR count). The Bertz CT molecular complexity index is 1170. The van der Waals surface area contributed by atoms with Gasteiger partial charge in [0.05, 0.1) is 31.1 Å². The molecule has 2 atom stereocenters. The van der Waals surface area contributed by atoms with Crippen molar-refractivity contribution in [2.45, 2.75) is 58.6 Å². The van der Waals surface area contributed by atoms with Gasteiger partial charge in [-0.05, 0) is 62.5 Å². The number of fused-ring (bicyclic) bond motifs is 2. The molecule has 1 unspecified atom stereocenters. The number of nitrogens with zero attached hydrogens (tertiary/aromatic N) is 3. The molecule has 0 bridgehead atoms. The highest BCUT2D eigenvalue weighted by molar-refractivity contribution is 5.94. The highest BCUT2D eigenvalue weighted by Crippen LogP contribution is 2.47. The van der Waals surface area contributed by atoms with Crippen LogP contribution in [0.1, 0.15) is 54.9 Å². The molecular weight excluding hydrogens is 456 g/mol. The maximum atomic E-state index is 13.8. The molecule has 3 amide bonds. The van der Waals surface area contributed by atoms with Crippen molar-refractivity contribution in [3.05, 3.63) is 57.8 Å². The van der Waals surface area contributed by atoms with Crippen molar-refractivity contribution in [1.29, 1.82) is 0 Å². The fourth-order valence-corrected chi connectivity index (χ4v) is 6.78. The quantitative estimate of drug-likeness (QED) is 0.682. The maximum Gasteiger partial charge on any atom is 0.325 e. The van der Waals surface area contributed by atoms with Crippen molar-refractivity contribution in [1.82, 2.24) is 19.7 Å². The van der Waals surface area contributed by atoms with Crippen LogP contribution < -0.4 is 0 Å². The number of likely N-dealkylation sites (N-methyl/N-ethyl adjacent to an activating group) is 1. The lowest BCUT2D eigenvalue weighted by Crippen LogP contribution is -2.54. The summed E-state index contributed by atoms with van der Waals surface area (Å²) in [6.45, 7) is 10.6. The number of aromatic amines is 1. The van der Waals surface area contributed by atoms with E-state index in [0.717, 1.165) is 41.1 Å². The molecule has 1 spiro atoms. The van der Waals surface area contributed by atoms with Crippen molar-refractivity contribution in [3.63, 3.8) is 0 Å². The molecule has 8 nitrogen and oxygen atoms in total. The molecule has 2 saturated heterocycles. The van der Waals surface area contributed by atoms with Gasteiger partial charge in [0.15, 0.2) is 0 Å². The highest BCUT2D eigenvalue weighted by atomic mass is 16.5. The fourth-order valence-electron chi connectivity index (χ4n) is 6.78. The molecule has 4 aliphatic rings. The van der Waals surface area contributed by atoms with Crippen LogP contribution in [0.25, 0.3) is 0 Å². The van der Waals surface area contributed by atoms with Gasteiger partial charge in [0.1, 0.15) is 5.69 Å². The van der Waals surface area contributed by atoms with E-state index in [1.165, 1.54) is 5.57 Å². The number of H-pyrrole nitrogens is 1. The van der Waals surface area contributed by atoms with Crippen molar-refractivity contribution >= 4 is 11.9 Å². The third-order valence-electron chi connectivity index (χ3n) is 8.52. The van der Waals surface area contributed by atoms with Gasteiger partial charge in [-0.3, -0.25) is 9.69 Å². The number of likely N-dealkylation sites (tertiary alicyclic amines) is 1. The van der Waals surface area contributed by atoms with Gasteiger partial charge in [-0.1, -0.05) is 13.0 Å². The van der Waals surface area contributed by atoms with E-state index in [1.807, 2.05) is 41.5 Å².